The third-order valence-corrected chi connectivity index (χ3v) is 5.10. The number of thioether (sulfide) groups is 2. The standard InChI is InChI=1S/C12H13N3O4S2/c1-20-4-6-5-21-11-8(14-7(16)2-3-13)10(17)15(11)9(6)12(18)19/h8,11H,2,4-5H2,1H3,(H,14,16)(H,18,19). The zero-order valence-electron chi connectivity index (χ0n) is 11.2. The predicted molar refractivity (Wildman–Crippen MR) is 78.3 cm³/mol. The van der Waals surface area contributed by atoms with Gasteiger partial charge in [0.2, 0.25) is 5.91 Å². The van der Waals surface area contributed by atoms with Gasteiger partial charge in [-0.3, -0.25) is 14.5 Å². The number of carboxylic acid groups (broad SMARTS) is 1. The number of fused-ring (bicyclic) bond motifs is 1. The zero-order chi connectivity index (χ0) is 15.6. The molecular weight excluding hydrogens is 314 g/mol. The Bertz CT molecular complexity index is 569. The van der Waals surface area contributed by atoms with Crippen LogP contribution < -0.4 is 5.32 Å². The van der Waals surface area contributed by atoms with Crippen LogP contribution in [0.1, 0.15) is 6.42 Å². The van der Waals surface area contributed by atoms with Crippen molar-refractivity contribution in [2.24, 2.45) is 0 Å². The van der Waals surface area contributed by atoms with Gasteiger partial charge < -0.3 is 10.4 Å². The summed E-state index contributed by atoms with van der Waals surface area (Å²) in [5.74, 6) is -1.01. The quantitative estimate of drug-likeness (QED) is 0.684. The van der Waals surface area contributed by atoms with Crippen molar-refractivity contribution in [1.82, 2.24) is 10.2 Å². The van der Waals surface area contributed by atoms with Gasteiger partial charge in [-0.05, 0) is 11.8 Å². The molecule has 112 valence electrons. The molecule has 0 spiro atoms. The number of hydrogen-bond acceptors (Lipinski definition) is 6. The Hall–Kier alpha value is -1.66. The van der Waals surface area contributed by atoms with Crippen molar-refractivity contribution in [2.75, 3.05) is 17.8 Å². The molecule has 0 aliphatic carbocycles. The molecule has 2 heterocycles. The number of nitriles is 1. The molecule has 2 unspecified atom stereocenters. The molecule has 2 atom stereocenters. The van der Waals surface area contributed by atoms with Crippen molar-refractivity contribution in [3.05, 3.63) is 11.3 Å². The second-order valence-electron chi connectivity index (χ2n) is 4.48. The summed E-state index contributed by atoms with van der Waals surface area (Å²) >= 11 is 2.92. The molecular formula is C12H13N3O4S2. The molecule has 2 rings (SSSR count). The van der Waals surface area contributed by atoms with E-state index in [1.54, 1.807) is 6.07 Å². The lowest BCUT2D eigenvalue weighted by Crippen LogP contribution is -2.70. The maximum absolute atomic E-state index is 12.1. The number of nitrogens with one attached hydrogen (secondary N) is 1. The van der Waals surface area contributed by atoms with Crippen molar-refractivity contribution in [3.8, 4) is 6.07 Å². The summed E-state index contributed by atoms with van der Waals surface area (Å²) in [4.78, 5) is 36.2. The highest BCUT2D eigenvalue weighted by molar-refractivity contribution is 8.00. The van der Waals surface area contributed by atoms with Crippen LogP contribution in [-0.2, 0) is 14.4 Å². The van der Waals surface area contributed by atoms with Crippen LogP contribution in [0.15, 0.2) is 11.3 Å². The van der Waals surface area contributed by atoms with E-state index < -0.39 is 29.2 Å². The highest BCUT2D eigenvalue weighted by Gasteiger charge is 2.53. The number of carboxylic acids is 1. The molecule has 0 aromatic rings. The van der Waals surface area contributed by atoms with Gasteiger partial charge in [-0.25, -0.2) is 4.79 Å². The van der Waals surface area contributed by atoms with E-state index in [9.17, 15) is 19.5 Å². The molecule has 0 aromatic carbocycles. The van der Waals surface area contributed by atoms with E-state index in [1.165, 1.54) is 28.4 Å². The first-order valence-corrected chi connectivity index (χ1v) is 8.50. The Morgan fingerprint density at radius 1 is 1.62 bits per heavy atom. The average Bonchev–Trinajstić information content (AvgIpc) is 2.44. The van der Waals surface area contributed by atoms with Gasteiger partial charge >= 0.3 is 5.97 Å². The molecule has 1 fully saturated rings. The normalized spacial score (nSPS) is 24.0. The maximum atomic E-state index is 12.1. The summed E-state index contributed by atoms with van der Waals surface area (Å²) < 4.78 is 0. The second kappa shape index (κ2) is 6.41. The van der Waals surface area contributed by atoms with Gasteiger partial charge in [0.15, 0.2) is 0 Å². The first kappa shape index (κ1) is 15.7. The third kappa shape index (κ3) is 2.87. The van der Waals surface area contributed by atoms with E-state index in [4.69, 9.17) is 5.26 Å². The van der Waals surface area contributed by atoms with Crippen molar-refractivity contribution >= 4 is 41.3 Å². The van der Waals surface area contributed by atoms with Crippen LogP contribution in [0.4, 0.5) is 0 Å². The zero-order valence-corrected chi connectivity index (χ0v) is 12.8. The van der Waals surface area contributed by atoms with Gasteiger partial charge in [-0.2, -0.15) is 17.0 Å². The molecule has 2 aliphatic heterocycles. The van der Waals surface area contributed by atoms with Gasteiger partial charge in [-0.1, -0.05) is 0 Å². The highest BCUT2D eigenvalue weighted by Crippen LogP contribution is 2.40. The summed E-state index contributed by atoms with van der Waals surface area (Å²) in [5, 5.41) is 19.8. The second-order valence-corrected chi connectivity index (χ2v) is 6.45. The third-order valence-electron chi connectivity index (χ3n) is 3.12. The Morgan fingerprint density at radius 2 is 2.33 bits per heavy atom. The van der Waals surface area contributed by atoms with E-state index in [1.807, 2.05) is 6.26 Å². The van der Waals surface area contributed by atoms with E-state index in [-0.39, 0.29) is 12.1 Å². The van der Waals surface area contributed by atoms with Gasteiger partial charge in [0.05, 0.1) is 6.07 Å². The van der Waals surface area contributed by atoms with Crippen LogP contribution in [0.5, 0.6) is 0 Å². The largest absolute Gasteiger partial charge is 0.477 e. The monoisotopic (exact) mass is 327 g/mol. The molecule has 2 aliphatic rings. The molecule has 2 amide bonds. The van der Waals surface area contributed by atoms with Gasteiger partial charge in [0.1, 0.15) is 23.5 Å². The number of aliphatic carboxylic acids is 1. The molecule has 0 saturated carbocycles. The molecule has 0 aromatic heterocycles. The van der Waals surface area contributed by atoms with E-state index in [0.29, 0.717) is 17.1 Å². The predicted octanol–water partition coefficient (Wildman–Crippen LogP) is 0.00168. The summed E-state index contributed by atoms with van der Waals surface area (Å²) in [6.45, 7) is 0. The van der Waals surface area contributed by atoms with Crippen LogP contribution in [0.2, 0.25) is 0 Å². The van der Waals surface area contributed by atoms with Crippen LogP contribution in [0.25, 0.3) is 0 Å². The Kier molecular flexibility index (Phi) is 4.80. The fourth-order valence-corrected chi connectivity index (χ4v) is 4.33. The summed E-state index contributed by atoms with van der Waals surface area (Å²) in [6.07, 6.45) is 1.55. The Balaban J connectivity index is 2.17. The van der Waals surface area contributed by atoms with Crippen LogP contribution in [-0.4, -0.2) is 57.0 Å². The Labute approximate surface area is 129 Å². The fraction of sp³-hybridized carbons (Fsp3) is 0.500. The van der Waals surface area contributed by atoms with Gasteiger partial charge in [0.25, 0.3) is 5.91 Å². The first-order valence-electron chi connectivity index (χ1n) is 6.06. The number of β-lactam (4-membered cyclic amide) rings is 1. The molecule has 7 nitrogen and oxygen atoms in total. The molecule has 9 heteroatoms. The number of hydrogen-bond donors (Lipinski definition) is 2. The SMILES string of the molecule is CSCC1=C(C(=O)O)N2C(=O)C(NC(=O)CC#N)C2SC1. The van der Waals surface area contributed by atoms with Crippen molar-refractivity contribution in [1.29, 1.82) is 5.26 Å². The topological polar surface area (TPSA) is 110 Å². The summed E-state index contributed by atoms with van der Waals surface area (Å²) in [6, 6.07) is 0.960. The van der Waals surface area contributed by atoms with Gasteiger partial charge in [-0.15, -0.1) is 11.8 Å². The number of rotatable bonds is 5. The molecule has 2 N–H and O–H groups in total. The molecule has 1 saturated heterocycles. The lowest BCUT2D eigenvalue weighted by molar-refractivity contribution is -0.150. The van der Waals surface area contributed by atoms with Crippen molar-refractivity contribution < 1.29 is 19.5 Å². The van der Waals surface area contributed by atoms with Crippen LogP contribution in [0.3, 0.4) is 0 Å². The fourth-order valence-electron chi connectivity index (χ4n) is 2.26. The minimum atomic E-state index is -1.13. The van der Waals surface area contributed by atoms with Crippen LogP contribution in [0, 0.1) is 11.3 Å². The summed E-state index contributed by atoms with van der Waals surface area (Å²) in [5.41, 5.74) is 0.746. The average molecular weight is 327 g/mol. The highest BCUT2D eigenvalue weighted by atomic mass is 32.2. The molecule has 0 bridgehead atoms. The molecule has 21 heavy (non-hydrogen) atoms. The number of amides is 2. The van der Waals surface area contributed by atoms with Crippen molar-refractivity contribution in [3.63, 3.8) is 0 Å². The summed E-state index contributed by atoms with van der Waals surface area (Å²) in [7, 11) is 0. The van der Waals surface area contributed by atoms with E-state index >= 15 is 0 Å². The first-order chi connectivity index (χ1) is 10.0. The lowest BCUT2D eigenvalue weighted by atomic mass is 10.0. The van der Waals surface area contributed by atoms with E-state index in [0.717, 1.165) is 0 Å². The van der Waals surface area contributed by atoms with Gasteiger partial charge in [0, 0.05) is 11.5 Å². The lowest BCUT2D eigenvalue weighted by Gasteiger charge is -2.49. The number of nitrogens with zero attached hydrogens (tertiary/aromatic N) is 2. The maximum Gasteiger partial charge on any atom is 0.352 e. The van der Waals surface area contributed by atoms with E-state index in [2.05, 4.69) is 5.32 Å². The minimum Gasteiger partial charge on any atom is -0.477 e. The number of carbonyl (C=O) groups excluding carboxylic acids is 2. The van der Waals surface area contributed by atoms with Crippen LogP contribution >= 0.6 is 23.5 Å². The van der Waals surface area contributed by atoms with Crippen molar-refractivity contribution in [2.45, 2.75) is 17.8 Å². The number of carbonyl (C=O) groups is 3. The minimum absolute atomic E-state index is 0.0314. The molecule has 0 radical (unpaired) electrons. The smallest absolute Gasteiger partial charge is 0.352 e. The Morgan fingerprint density at radius 3 is 2.90 bits per heavy atom.